The SMILES string of the molecule is CCOC(=O)c1ncc2[nH]c3cccc(C(C)OCC)c3c2c1C. The number of carbonyl (C=O) groups excluding carboxylic acids is 1. The molecule has 5 heteroatoms. The van der Waals surface area contributed by atoms with Gasteiger partial charge in [-0.05, 0) is 44.9 Å². The maximum absolute atomic E-state index is 12.2. The predicted octanol–water partition coefficient (Wildman–Crippen LogP) is 4.30. The van der Waals surface area contributed by atoms with Crippen LogP contribution in [-0.2, 0) is 9.47 Å². The van der Waals surface area contributed by atoms with Gasteiger partial charge < -0.3 is 14.5 Å². The molecule has 1 atom stereocenters. The van der Waals surface area contributed by atoms with E-state index in [1.54, 1.807) is 13.1 Å². The van der Waals surface area contributed by atoms with Crippen LogP contribution in [0.5, 0.6) is 0 Å². The number of benzene rings is 1. The first-order chi connectivity index (χ1) is 11.6. The topological polar surface area (TPSA) is 64.2 Å². The van der Waals surface area contributed by atoms with Crippen molar-refractivity contribution in [3.05, 3.63) is 41.2 Å². The number of nitrogens with one attached hydrogen (secondary N) is 1. The summed E-state index contributed by atoms with van der Waals surface area (Å²) < 4.78 is 10.9. The first-order valence-corrected chi connectivity index (χ1v) is 8.27. The Bertz CT molecular complexity index is 898. The largest absolute Gasteiger partial charge is 0.461 e. The monoisotopic (exact) mass is 326 g/mol. The summed E-state index contributed by atoms with van der Waals surface area (Å²) in [5, 5.41) is 2.09. The second kappa shape index (κ2) is 6.61. The number of pyridine rings is 1. The first kappa shape index (κ1) is 16.5. The Morgan fingerprint density at radius 1 is 1.21 bits per heavy atom. The number of H-pyrrole nitrogens is 1. The highest BCUT2D eigenvalue weighted by Crippen LogP contribution is 2.35. The summed E-state index contributed by atoms with van der Waals surface area (Å²) in [4.78, 5) is 19.8. The van der Waals surface area contributed by atoms with E-state index in [-0.39, 0.29) is 12.1 Å². The summed E-state index contributed by atoms with van der Waals surface area (Å²) in [5.41, 5.74) is 4.22. The number of hydrogen-bond acceptors (Lipinski definition) is 4. The van der Waals surface area contributed by atoms with Crippen LogP contribution in [0.2, 0.25) is 0 Å². The van der Waals surface area contributed by atoms with Crippen molar-refractivity contribution in [1.82, 2.24) is 9.97 Å². The lowest BCUT2D eigenvalue weighted by Crippen LogP contribution is -2.09. The zero-order valence-corrected chi connectivity index (χ0v) is 14.5. The van der Waals surface area contributed by atoms with Crippen LogP contribution in [0.1, 0.15) is 48.5 Å². The summed E-state index contributed by atoms with van der Waals surface area (Å²) in [6.45, 7) is 8.71. The summed E-state index contributed by atoms with van der Waals surface area (Å²) in [6.07, 6.45) is 1.67. The van der Waals surface area contributed by atoms with Gasteiger partial charge in [-0.15, -0.1) is 0 Å². The Kier molecular flexibility index (Phi) is 4.53. The molecule has 126 valence electrons. The third-order valence-electron chi connectivity index (χ3n) is 4.26. The van der Waals surface area contributed by atoms with Crippen LogP contribution in [0.3, 0.4) is 0 Å². The summed E-state index contributed by atoms with van der Waals surface area (Å²) in [5.74, 6) is -0.387. The van der Waals surface area contributed by atoms with Crippen LogP contribution in [-0.4, -0.2) is 29.2 Å². The van der Waals surface area contributed by atoms with Crippen molar-refractivity contribution in [2.75, 3.05) is 13.2 Å². The Morgan fingerprint density at radius 2 is 2.00 bits per heavy atom. The van der Waals surface area contributed by atoms with Crippen molar-refractivity contribution in [3.8, 4) is 0 Å². The molecule has 0 aliphatic carbocycles. The fourth-order valence-electron chi connectivity index (χ4n) is 3.21. The van der Waals surface area contributed by atoms with E-state index < -0.39 is 0 Å². The van der Waals surface area contributed by atoms with E-state index in [1.807, 2.05) is 32.9 Å². The molecule has 0 aliphatic rings. The molecule has 0 saturated carbocycles. The molecule has 3 rings (SSSR count). The Labute approximate surface area is 141 Å². The third kappa shape index (κ3) is 2.65. The van der Waals surface area contributed by atoms with Crippen molar-refractivity contribution < 1.29 is 14.3 Å². The maximum Gasteiger partial charge on any atom is 0.357 e. The van der Waals surface area contributed by atoms with Crippen molar-refractivity contribution >= 4 is 27.8 Å². The zero-order valence-electron chi connectivity index (χ0n) is 14.5. The zero-order chi connectivity index (χ0) is 17.3. The molecule has 0 saturated heterocycles. The van der Waals surface area contributed by atoms with E-state index in [0.29, 0.717) is 18.9 Å². The number of aromatic amines is 1. The Hall–Kier alpha value is -2.40. The number of fused-ring (bicyclic) bond motifs is 3. The van der Waals surface area contributed by atoms with Crippen LogP contribution in [0.25, 0.3) is 21.8 Å². The number of hydrogen-bond donors (Lipinski definition) is 1. The number of rotatable bonds is 5. The van der Waals surface area contributed by atoms with Gasteiger partial charge in [0, 0.05) is 22.9 Å². The molecule has 0 fully saturated rings. The molecule has 0 radical (unpaired) electrons. The highest BCUT2D eigenvalue weighted by atomic mass is 16.5. The smallest absolute Gasteiger partial charge is 0.357 e. The fraction of sp³-hybridized carbons (Fsp3) is 0.368. The maximum atomic E-state index is 12.2. The van der Waals surface area contributed by atoms with Gasteiger partial charge in [-0.3, -0.25) is 0 Å². The minimum atomic E-state index is -0.387. The van der Waals surface area contributed by atoms with E-state index in [1.165, 1.54) is 0 Å². The van der Waals surface area contributed by atoms with Gasteiger partial charge in [-0.2, -0.15) is 0 Å². The lowest BCUT2D eigenvalue weighted by atomic mass is 10.00. The van der Waals surface area contributed by atoms with Gasteiger partial charge in [0.15, 0.2) is 5.69 Å². The lowest BCUT2D eigenvalue weighted by Gasteiger charge is -2.14. The summed E-state index contributed by atoms with van der Waals surface area (Å²) in [6, 6.07) is 6.11. The van der Waals surface area contributed by atoms with E-state index in [2.05, 4.69) is 16.0 Å². The molecule has 2 aromatic heterocycles. The van der Waals surface area contributed by atoms with Crippen LogP contribution in [0, 0.1) is 6.92 Å². The van der Waals surface area contributed by atoms with Crippen LogP contribution < -0.4 is 0 Å². The van der Waals surface area contributed by atoms with Crippen molar-refractivity contribution in [2.45, 2.75) is 33.8 Å². The fourth-order valence-corrected chi connectivity index (χ4v) is 3.21. The number of esters is 1. The predicted molar refractivity (Wildman–Crippen MR) is 94.3 cm³/mol. The second-order valence-corrected chi connectivity index (χ2v) is 5.73. The highest BCUT2D eigenvalue weighted by molar-refractivity contribution is 6.12. The number of ether oxygens (including phenoxy) is 2. The van der Waals surface area contributed by atoms with E-state index in [4.69, 9.17) is 9.47 Å². The van der Waals surface area contributed by atoms with Crippen LogP contribution in [0.4, 0.5) is 0 Å². The van der Waals surface area contributed by atoms with Crippen molar-refractivity contribution in [3.63, 3.8) is 0 Å². The molecule has 0 spiro atoms. The number of carbonyl (C=O) groups is 1. The average Bonchev–Trinajstić information content (AvgIpc) is 2.94. The number of nitrogens with zero attached hydrogens (tertiary/aromatic N) is 1. The van der Waals surface area contributed by atoms with Gasteiger partial charge in [0.2, 0.25) is 0 Å². The van der Waals surface area contributed by atoms with Crippen molar-refractivity contribution in [2.24, 2.45) is 0 Å². The quantitative estimate of drug-likeness (QED) is 0.710. The minimum absolute atomic E-state index is 0.0312. The van der Waals surface area contributed by atoms with Gasteiger partial charge in [-0.25, -0.2) is 9.78 Å². The summed E-state index contributed by atoms with van der Waals surface area (Å²) >= 11 is 0. The first-order valence-electron chi connectivity index (χ1n) is 8.27. The van der Waals surface area contributed by atoms with Crippen molar-refractivity contribution in [1.29, 1.82) is 0 Å². The minimum Gasteiger partial charge on any atom is -0.461 e. The molecule has 1 N–H and O–H groups in total. The molecular formula is C19H22N2O3. The van der Waals surface area contributed by atoms with Crippen LogP contribution >= 0.6 is 0 Å². The van der Waals surface area contributed by atoms with Gasteiger partial charge in [0.1, 0.15) is 0 Å². The van der Waals surface area contributed by atoms with Gasteiger partial charge in [0.05, 0.1) is 24.4 Å². The molecule has 2 heterocycles. The molecular weight excluding hydrogens is 304 g/mol. The highest BCUT2D eigenvalue weighted by Gasteiger charge is 2.20. The van der Waals surface area contributed by atoms with E-state index in [0.717, 1.165) is 32.9 Å². The molecule has 1 unspecified atom stereocenters. The van der Waals surface area contributed by atoms with Gasteiger partial charge in [-0.1, -0.05) is 12.1 Å². The standard InChI is InChI=1S/C19H22N2O3/c1-5-23-12(4)13-8-7-9-14-17(13)16-11(3)18(19(22)24-6-2)20-10-15(16)21-14/h7-10,12,21H,5-6H2,1-4H3. The molecule has 0 amide bonds. The lowest BCUT2D eigenvalue weighted by molar-refractivity contribution is 0.0519. The number of aryl methyl sites for hydroxylation is 1. The second-order valence-electron chi connectivity index (χ2n) is 5.73. The Morgan fingerprint density at radius 3 is 2.71 bits per heavy atom. The molecule has 3 aromatic rings. The molecule has 0 aliphatic heterocycles. The molecule has 1 aromatic carbocycles. The normalized spacial score (nSPS) is 12.7. The summed E-state index contributed by atoms with van der Waals surface area (Å²) in [7, 11) is 0. The van der Waals surface area contributed by atoms with E-state index in [9.17, 15) is 4.79 Å². The van der Waals surface area contributed by atoms with Gasteiger partial charge >= 0.3 is 5.97 Å². The Balaban J connectivity index is 2.29. The molecule has 5 nitrogen and oxygen atoms in total. The molecule has 24 heavy (non-hydrogen) atoms. The van der Waals surface area contributed by atoms with E-state index >= 15 is 0 Å². The number of aromatic nitrogens is 2. The average molecular weight is 326 g/mol. The van der Waals surface area contributed by atoms with Gasteiger partial charge in [0.25, 0.3) is 0 Å². The molecule has 0 bridgehead atoms. The third-order valence-corrected chi connectivity index (χ3v) is 4.26. The van der Waals surface area contributed by atoms with Crippen LogP contribution in [0.15, 0.2) is 24.4 Å².